The smallest absolute Gasteiger partial charge is 0.330 e. The number of hydrogen-bond donors (Lipinski definition) is 1. The van der Waals surface area contributed by atoms with Gasteiger partial charge in [-0.3, -0.25) is 0 Å². The Kier molecular flexibility index (Phi) is 3.79. The van der Waals surface area contributed by atoms with E-state index in [1.165, 1.54) is 13.2 Å². The highest BCUT2D eigenvalue weighted by Crippen LogP contribution is 2.35. The highest BCUT2D eigenvalue weighted by atomic mass is 16.5. The number of fused-ring (bicyclic) bond motifs is 1. The lowest BCUT2D eigenvalue weighted by Gasteiger charge is -2.06. The molecule has 0 aliphatic carbocycles. The molecule has 1 heterocycles. The minimum atomic E-state index is -0.346. The van der Waals surface area contributed by atoms with Gasteiger partial charge in [-0.05, 0) is 24.1 Å². The third kappa shape index (κ3) is 2.53. The molecule has 3 aromatic rings. The SMILES string of the molecule is COC(=O)/C=C(\C)c1c(-c2ccccc2)[nH]c2ccccc12. The zero-order chi connectivity index (χ0) is 15.5. The Balaban J connectivity index is 2.26. The number of H-pyrrole nitrogens is 1. The van der Waals surface area contributed by atoms with Crippen molar-refractivity contribution in [3.05, 3.63) is 66.2 Å². The summed E-state index contributed by atoms with van der Waals surface area (Å²) in [5.74, 6) is -0.346. The number of methoxy groups -OCH3 is 1. The van der Waals surface area contributed by atoms with Crippen LogP contribution in [0.4, 0.5) is 0 Å². The van der Waals surface area contributed by atoms with E-state index >= 15 is 0 Å². The molecule has 0 bridgehead atoms. The molecule has 0 fully saturated rings. The average Bonchev–Trinajstić information content (AvgIpc) is 2.95. The van der Waals surface area contributed by atoms with Crippen LogP contribution in [0.15, 0.2) is 60.7 Å². The number of ether oxygens (including phenoxy) is 1. The fourth-order valence-corrected chi connectivity index (χ4v) is 2.68. The van der Waals surface area contributed by atoms with E-state index < -0.39 is 0 Å². The van der Waals surface area contributed by atoms with Gasteiger partial charge in [-0.25, -0.2) is 4.79 Å². The number of para-hydroxylation sites is 1. The number of rotatable bonds is 3. The summed E-state index contributed by atoms with van der Waals surface area (Å²) in [7, 11) is 1.39. The van der Waals surface area contributed by atoms with Crippen molar-refractivity contribution in [2.75, 3.05) is 7.11 Å². The first-order chi connectivity index (χ1) is 10.7. The van der Waals surface area contributed by atoms with Crippen LogP contribution in [0, 0.1) is 0 Å². The molecule has 3 heteroatoms. The summed E-state index contributed by atoms with van der Waals surface area (Å²) < 4.78 is 4.75. The van der Waals surface area contributed by atoms with Crippen molar-refractivity contribution >= 4 is 22.4 Å². The maximum Gasteiger partial charge on any atom is 0.330 e. The van der Waals surface area contributed by atoms with Crippen LogP contribution in [0.3, 0.4) is 0 Å². The lowest BCUT2D eigenvalue weighted by Crippen LogP contribution is -1.96. The second kappa shape index (κ2) is 5.90. The normalized spacial score (nSPS) is 11.6. The van der Waals surface area contributed by atoms with Gasteiger partial charge in [0.15, 0.2) is 0 Å². The Hall–Kier alpha value is -2.81. The molecule has 1 aromatic heterocycles. The second-order valence-electron chi connectivity index (χ2n) is 5.14. The third-order valence-electron chi connectivity index (χ3n) is 3.70. The van der Waals surface area contributed by atoms with Gasteiger partial charge in [0.25, 0.3) is 0 Å². The fourth-order valence-electron chi connectivity index (χ4n) is 2.68. The molecule has 0 aliphatic heterocycles. The summed E-state index contributed by atoms with van der Waals surface area (Å²) >= 11 is 0. The molecule has 110 valence electrons. The minimum Gasteiger partial charge on any atom is -0.466 e. The first-order valence-corrected chi connectivity index (χ1v) is 7.13. The van der Waals surface area contributed by atoms with E-state index in [1.54, 1.807) is 0 Å². The Morgan fingerprint density at radius 3 is 2.45 bits per heavy atom. The van der Waals surface area contributed by atoms with Gasteiger partial charge in [-0.1, -0.05) is 48.5 Å². The number of aromatic amines is 1. The number of hydrogen-bond acceptors (Lipinski definition) is 2. The van der Waals surface area contributed by atoms with Crippen LogP contribution in [0.5, 0.6) is 0 Å². The molecule has 0 saturated carbocycles. The quantitative estimate of drug-likeness (QED) is 0.573. The molecule has 0 aliphatic rings. The van der Waals surface area contributed by atoms with Gasteiger partial charge < -0.3 is 9.72 Å². The number of allylic oxidation sites excluding steroid dienone is 1. The van der Waals surface area contributed by atoms with Crippen molar-refractivity contribution in [3.63, 3.8) is 0 Å². The van der Waals surface area contributed by atoms with Gasteiger partial charge in [0.2, 0.25) is 0 Å². The molecule has 0 amide bonds. The van der Waals surface area contributed by atoms with Crippen molar-refractivity contribution in [1.29, 1.82) is 0 Å². The van der Waals surface area contributed by atoms with Crippen LogP contribution in [-0.4, -0.2) is 18.1 Å². The van der Waals surface area contributed by atoms with Crippen LogP contribution in [0.2, 0.25) is 0 Å². The topological polar surface area (TPSA) is 42.1 Å². The third-order valence-corrected chi connectivity index (χ3v) is 3.70. The van der Waals surface area contributed by atoms with E-state index in [9.17, 15) is 4.79 Å². The number of benzene rings is 2. The largest absolute Gasteiger partial charge is 0.466 e. The van der Waals surface area contributed by atoms with Gasteiger partial charge in [0, 0.05) is 22.5 Å². The van der Waals surface area contributed by atoms with Crippen LogP contribution < -0.4 is 0 Å². The van der Waals surface area contributed by atoms with Crippen molar-refractivity contribution in [2.24, 2.45) is 0 Å². The van der Waals surface area contributed by atoms with E-state index in [1.807, 2.05) is 43.3 Å². The van der Waals surface area contributed by atoms with Crippen molar-refractivity contribution in [2.45, 2.75) is 6.92 Å². The standard InChI is InChI=1S/C19H17NO2/c1-13(12-17(21)22-2)18-15-10-6-7-11-16(15)20-19(18)14-8-4-3-5-9-14/h3-12,20H,1-2H3/b13-12+. The van der Waals surface area contributed by atoms with E-state index in [2.05, 4.69) is 23.2 Å². The molecular formula is C19H17NO2. The molecule has 0 atom stereocenters. The lowest BCUT2D eigenvalue weighted by atomic mass is 9.99. The zero-order valence-electron chi connectivity index (χ0n) is 12.6. The molecule has 3 nitrogen and oxygen atoms in total. The first-order valence-electron chi connectivity index (χ1n) is 7.13. The molecule has 0 saturated heterocycles. The summed E-state index contributed by atoms with van der Waals surface area (Å²) in [6, 6.07) is 18.2. The molecular weight excluding hydrogens is 274 g/mol. The van der Waals surface area contributed by atoms with Crippen LogP contribution >= 0.6 is 0 Å². The molecule has 0 spiro atoms. The second-order valence-corrected chi connectivity index (χ2v) is 5.14. The Bertz CT molecular complexity index is 844. The van der Waals surface area contributed by atoms with E-state index in [0.717, 1.165) is 33.3 Å². The van der Waals surface area contributed by atoms with Crippen LogP contribution in [-0.2, 0) is 9.53 Å². The van der Waals surface area contributed by atoms with Crippen molar-refractivity contribution in [1.82, 2.24) is 4.98 Å². The highest BCUT2D eigenvalue weighted by molar-refractivity contribution is 6.03. The van der Waals surface area contributed by atoms with E-state index in [4.69, 9.17) is 4.74 Å². The molecule has 1 N–H and O–H groups in total. The number of nitrogens with one attached hydrogen (secondary N) is 1. The molecule has 22 heavy (non-hydrogen) atoms. The summed E-state index contributed by atoms with van der Waals surface area (Å²) in [5, 5.41) is 1.10. The number of carbonyl (C=O) groups is 1. The first kappa shape index (κ1) is 14.1. The lowest BCUT2D eigenvalue weighted by molar-refractivity contribution is -0.134. The van der Waals surface area contributed by atoms with Gasteiger partial charge in [0.05, 0.1) is 12.8 Å². The summed E-state index contributed by atoms with van der Waals surface area (Å²) in [6.07, 6.45) is 1.53. The number of aromatic nitrogens is 1. The predicted molar refractivity (Wildman–Crippen MR) is 89.4 cm³/mol. The highest BCUT2D eigenvalue weighted by Gasteiger charge is 2.15. The van der Waals surface area contributed by atoms with Gasteiger partial charge in [-0.2, -0.15) is 0 Å². The molecule has 0 radical (unpaired) electrons. The molecule has 0 unspecified atom stereocenters. The Morgan fingerprint density at radius 2 is 1.73 bits per heavy atom. The van der Waals surface area contributed by atoms with Crippen molar-refractivity contribution in [3.8, 4) is 11.3 Å². The number of carbonyl (C=O) groups excluding carboxylic acids is 1. The van der Waals surface area contributed by atoms with Crippen molar-refractivity contribution < 1.29 is 9.53 Å². The van der Waals surface area contributed by atoms with Gasteiger partial charge >= 0.3 is 5.97 Å². The summed E-state index contributed by atoms with van der Waals surface area (Å²) in [5.41, 5.74) is 5.06. The van der Waals surface area contributed by atoms with Crippen LogP contribution in [0.25, 0.3) is 27.7 Å². The van der Waals surface area contributed by atoms with Gasteiger partial charge in [0.1, 0.15) is 0 Å². The van der Waals surface area contributed by atoms with Crippen LogP contribution in [0.1, 0.15) is 12.5 Å². The minimum absolute atomic E-state index is 0.346. The van der Waals surface area contributed by atoms with E-state index in [0.29, 0.717) is 0 Å². The van der Waals surface area contributed by atoms with Gasteiger partial charge in [-0.15, -0.1) is 0 Å². The predicted octanol–water partition coefficient (Wildman–Crippen LogP) is 4.41. The van der Waals surface area contributed by atoms with E-state index in [-0.39, 0.29) is 5.97 Å². The fraction of sp³-hybridized carbons (Fsp3) is 0.105. The Labute approximate surface area is 129 Å². The summed E-state index contributed by atoms with van der Waals surface area (Å²) in [4.78, 5) is 15.1. The monoisotopic (exact) mass is 291 g/mol. The number of esters is 1. The Morgan fingerprint density at radius 1 is 1.05 bits per heavy atom. The zero-order valence-corrected chi connectivity index (χ0v) is 12.6. The maximum absolute atomic E-state index is 11.6. The summed E-state index contributed by atoms with van der Waals surface area (Å²) in [6.45, 7) is 1.93. The molecule has 3 rings (SSSR count). The maximum atomic E-state index is 11.6. The average molecular weight is 291 g/mol. The molecule has 2 aromatic carbocycles.